The highest BCUT2D eigenvalue weighted by atomic mass is 15.3. The Morgan fingerprint density at radius 3 is 2.50 bits per heavy atom. The summed E-state index contributed by atoms with van der Waals surface area (Å²) in [6, 6.07) is 12.9. The summed E-state index contributed by atoms with van der Waals surface area (Å²) in [7, 11) is 0. The standard InChI is InChI=1S/C21H29N5/c1-17(2)22-21-23-18(3)16-20(24-21)26-14-12-25(13-15-26)11-7-10-19-8-5-4-6-9-19/h4-10,16-17H,11-15H2,1-3H3,(H,22,23,24)/b10-7+. The normalized spacial score (nSPS) is 15.8. The van der Waals surface area contributed by atoms with Gasteiger partial charge >= 0.3 is 0 Å². The summed E-state index contributed by atoms with van der Waals surface area (Å²) in [5.41, 5.74) is 2.26. The number of aromatic nitrogens is 2. The third-order valence-electron chi connectivity index (χ3n) is 4.43. The van der Waals surface area contributed by atoms with Gasteiger partial charge in [-0.1, -0.05) is 42.5 Å². The molecule has 1 saturated heterocycles. The van der Waals surface area contributed by atoms with E-state index in [2.05, 4.69) is 76.4 Å². The van der Waals surface area contributed by atoms with Gasteiger partial charge in [-0.05, 0) is 26.3 Å². The van der Waals surface area contributed by atoms with Crippen LogP contribution in [0.15, 0.2) is 42.5 Å². The van der Waals surface area contributed by atoms with Crippen LogP contribution in [0.2, 0.25) is 0 Å². The van der Waals surface area contributed by atoms with Crippen molar-refractivity contribution in [3.63, 3.8) is 0 Å². The Balaban J connectivity index is 1.53. The number of hydrogen-bond acceptors (Lipinski definition) is 5. The lowest BCUT2D eigenvalue weighted by molar-refractivity contribution is 0.283. The fraction of sp³-hybridized carbons (Fsp3) is 0.429. The number of benzene rings is 1. The summed E-state index contributed by atoms with van der Waals surface area (Å²) >= 11 is 0. The molecule has 1 aliphatic rings. The summed E-state index contributed by atoms with van der Waals surface area (Å²) in [5, 5.41) is 3.31. The van der Waals surface area contributed by atoms with Gasteiger partial charge in [-0.3, -0.25) is 4.90 Å². The third kappa shape index (κ3) is 5.30. The number of anilines is 2. The zero-order valence-corrected chi connectivity index (χ0v) is 16.0. The van der Waals surface area contributed by atoms with E-state index in [4.69, 9.17) is 4.98 Å². The molecule has 2 aromatic rings. The van der Waals surface area contributed by atoms with Crippen molar-refractivity contribution < 1.29 is 0 Å². The largest absolute Gasteiger partial charge is 0.354 e. The number of nitrogens with one attached hydrogen (secondary N) is 1. The molecule has 138 valence electrons. The number of hydrogen-bond donors (Lipinski definition) is 1. The Hall–Kier alpha value is -2.40. The van der Waals surface area contributed by atoms with E-state index in [9.17, 15) is 0 Å². The predicted octanol–water partition coefficient (Wildman–Crippen LogP) is 3.44. The van der Waals surface area contributed by atoms with Crippen molar-refractivity contribution in [2.24, 2.45) is 0 Å². The van der Waals surface area contributed by atoms with Gasteiger partial charge in [0.2, 0.25) is 5.95 Å². The molecule has 2 heterocycles. The third-order valence-corrected chi connectivity index (χ3v) is 4.43. The van der Waals surface area contributed by atoms with Gasteiger partial charge in [-0.2, -0.15) is 4.98 Å². The van der Waals surface area contributed by atoms with Gasteiger partial charge < -0.3 is 10.2 Å². The maximum Gasteiger partial charge on any atom is 0.225 e. The Kier molecular flexibility index (Phi) is 6.23. The molecule has 1 fully saturated rings. The number of nitrogens with zero attached hydrogens (tertiary/aromatic N) is 4. The Morgan fingerprint density at radius 1 is 1.08 bits per heavy atom. The number of rotatable bonds is 6. The molecular weight excluding hydrogens is 322 g/mol. The summed E-state index contributed by atoms with van der Waals surface area (Å²) in [6.07, 6.45) is 4.45. The molecule has 0 saturated carbocycles. The van der Waals surface area contributed by atoms with Crippen LogP contribution in [-0.4, -0.2) is 53.6 Å². The Bertz CT molecular complexity index is 718. The van der Waals surface area contributed by atoms with Crippen LogP contribution in [0.4, 0.5) is 11.8 Å². The van der Waals surface area contributed by atoms with Crippen LogP contribution in [0, 0.1) is 6.92 Å². The van der Waals surface area contributed by atoms with Crippen molar-refractivity contribution in [3.8, 4) is 0 Å². The minimum Gasteiger partial charge on any atom is -0.354 e. The second-order valence-corrected chi connectivity index (χ2v) is 7.09. The molecule has 26 heavy (non-hydrogen) atoms. The molecule has 5 heteroatoms. The van der Waals surface area contributed by atoms with Crippen molar-refractivity contribution in [2.75, 3.05) is 42.9 Å². The first kappa shape index (κ1) is 18.4. The van der Waals surface area contributed by atoms with Crippen molar-refractivity contribution >= 4 is 17.8 Å². The van der Waals surface area contributed by atoms with Gasteiger partial charge in [0.1, 0.15) is 5.82 Å². The van der Waals surface area contributed by atoms with Crippen LogP contribution < -0.4 is 10.2 Å². The maximum absolute atomic E-state index is 4.70. The molecule has 0 atom stereocenters. The summed E-state index contributed by atoms with van der Waals surface area (Å²) in [4.78, 5) is 14.0. The molecule has 0 amide bonds. The highest BCUT2D eigenvalue weighted by Gasteiger charge is 2.18. The molecule has 1 aliphatic heterocycles. The molecular formula is C21H29N5. The van der Waals surface area contributed by atoms with E-state index in [1.165, 1.54) is 5.56 Å². The van der Waals surface area contributed by atoms with E-state index in [1.807, 2.05) is 13.0 Å². The average molecular weight is 351 g/mol. The van der Waals surface area contributed by atoms with E-state index >= 15 is 0 Å². The van der Waals surface area contributed by atoms with Gasteiger partial charge in [-0.25, -0.2) is 4.98 Å². The van der Waals surface area contributed by atoms with Crippen molar-refractivity contribution in [1.82, 2.24) is 14.9 Å². The molecule has 3 rings (SSSR count). The van der Waals surface area contributed by atoms with Crippen LogP contribution in [0.25, 0.3) is 6.08 Å². The fourth-order valence-corrected chi connectivity index (χ4v) is 3.10. The first-order valence-electron chi connectivity index (χ1n) is 9.41. The van der Waals surface area contributed by atoms with E-state index in [0.717, 1.165) is 50.2 Å². The zero-order valence-electron chi connectivity index (χ0n) is 16.0. The molecule has 1 aromatic carbocycles. The van der Waals surface area contributed by atoms with E-state index in [0.29, 0.717) is 6.04 Å². The second-order valence-electron chi connectivity index (χ2n) is 7.09. The first-order valence-corrected chi connectivity index (χ1v) is 9.41. The summed E-state index contributed by atoms with van der Waals surface area (Å²) in [6.45, 7) is 11.3. The number of aryl methyl sites for hydroxylation is 1. The molecule has 0 aliphatic carbocycles. The van der Waals surface area contributed by atoms with Crippen molar-refractivity contribution in [1.29, 1.82) is 0 Å². The van der Waals surface area contributed by atoms with Gasteiger partial charge in [0.15, 0.2) is 0 Å². The SMILES string of the molecule is Cc1cc(N2CCN(C/C=C/c3ccccc3)CC2)nc(NC(C)C)n1. The fourth-order valence-electron chi connectivity index (χ4n) is 3.10. The molecule has 1 aromatic heterocycles. The highest BCUT2D eigenvalue weighted by Crippen LogP contribution is 2.17. The predicted molar refractivity (Wildman–Crippen MR) is 110 cm³/mol. The van der Waals surface area contributed by atoms with Gasteiger partial charge in [0, 0.05) is 50.5 Å². The molecule has 1 N–H and O–H groups in total. The van der Waals surface area contributed by atoms with Gasteiger partial charge in [0.25, 0.3) is 0 Å². The Morgan fingerprint density at radius 2 is 1.81 bits per heavy atom. The lowest BCUT2D eigenvalue weighted by Crippen LogP contribution is -2.46. The van der Waals surface area contributed by atoms with Crippen molar-refractivity contribution in [2.45, 2.75) is 26.8 Å². The highest BCUT2D eigenvalue weighted by molar-refractivity contribution is 5.49. The lowest BCUT2D eigenvalue weighted by Gasteiger charge is -2.35. The molecule has 0 unspecified atom stereocenters. The van der Waals surface area contributed by atoms with E-state index in [-0.39, 0.29) is 0 Å². The number of piperazine rings is 1. The van der Waals surface area contributed by atoms with Gasteiger partial charge in [-0.15, -0.1) is 0 Å². The van der Waals surface area contributed by atoms with Crippen LogP contribution in [-0.2, 0) is 0 Å². The second kappa shape index (κ2) is 8.81. The molecule has 0 bridgehead atoms. The molecule has 5 nitrogen and oxygen atoms in total. The average Bonchev–Trinajstić information content (AvgIpc) is 2.62. The minimum atomic E-state index is 0.331. The smallest absolute Gasteiger partial charge is 0.225 e. The molecule has 0 radical (unpaired) electrons. The lowest BCUT2D eigenvalue weighted by atomic mass is 10.2. The first-order chi connectivity index (χ1) is 12.6. The Labute approximate surface area is 156 Å². The zero-order chi connectivity index (χ0) is 18.4. The van der Waals surface area contributed by atoms with Gasteiger partial charge in [0.05, 0.1) is 0 Å². The monoisotopic (exact) mass is 351 g/mol. The van der Waals surface area contributed by atoms with Crippen LogP contribution >= 0.6 is 0 Å². The van der Waals surface area contributed by atoms with Crippen molar-refractivity contribution in [3.05, 3.63) is 53.7 Å². The summed E-state index contributed by atoms with van der Waals surface area (Å²) < 4.78 is 0. The quantitative estimate of drug-likeness (QED) is 0.864. The van der Waals surface area contributed by atoms with E-state index in [1.54, 1.807) is 0 Å². The van der Waals surface area contributed by atoms with Crippen LogP contribution in [0.1, 0.15) is 25.1 Å². The minimum absolute atomic E-state index is 0.331. The summed E-state index contributed by atoms with van der Waals surface area (Å²) in [5.74, 6) is 1.75. The maximum atomic E-state index is 4.70. The van der Waals surface area contributed by atoms with E-state index < -0.39 is 0 Å². The topological polar surface area (TPSA) is 44.3 Å². The molecule has 0 spiro atoms. The van der Waals surface area contributed by atoms with Crippen LogP contribution in [0.3, 0.4) is 0 Å². The van der Waals surface area contributed by atoms with Crippen LogP contribution in [0.5, 0.6) is 0 Å².